The lowest BCUT2D eigenvalue weighted by molar-refractivity contribution is 0.166. The summed E-state index contributed by atoms with van der Waals surface area (Å²) in [7, 11) is 1.39. The number of anilines is 1. The topological polar surface area (TPSA) is 67.6 Å². The molecule has 19 heavy (non-hydrogen) atoms. The summed E-state index contributed by atoms with van der Waals surface area (Å²) in [6.45, 7) is 2.91. The van der Waals surface area contributed by atoms with Gasteiger partial charge in [-0.2, -0.15) is 0 Å². The van der Waals surface area contributed by atoms with Gasteiger partial charge in [0.25, 0.3) is 0 Å². The Morgan fingerprint density at radius 1 is 1.47 bits per heavy atom. The Labute approximate surface area is 113 Å². The number of hydrogen-bond acceptors (Lipinski definition) is 4. The fourth-order valence-electron chi connectivity index (χ4n) is 2.35. The normalized spacial score (nSPS) is 19.3. The summed E-state index contributed by atoms with van der Waals surface area (Å²) in [6, 6.07) is 8.20. The lowest BCUT2D eigenvalue weighted by Crippen LogP contribution is -2.37. The van der Waals surface area contributed by atoms with Crippen molar-refractivity contribution in [2.24, 2.45) is 0 Å². The molecule has 0 aliphatic carbocycles. The number of carbonyl (C=O) groups excluding carboxylic acids is 1. The Kier molecular flexibility index (Phi) is 4.63. The molecule has 1 fully saturated rings. The summed E-state index contributed by atoms with van der Waals surface area (Å²) in [5.74, 6) is 0. The van der Waals surface area contributed by atoms with Crippen LogP contribution in [-0.2, 0) is 11.2 Å². The minimum absolute atomic E-state index is 0.207. The molecule has 1 heterocycles. The molecule has 2 rings (SSSR count). The predicted molar refractivity (Wildman–Crippen MR) is 74.9 cm³/mol. The lowest BCUT2D eigenvalue weighted by atomic mass is 10.1. The number of likely N-dealkylation sites (tertiary alicyclic amines) is 1. The first-order valence-corrected chi connectivity index (χ1v) is 6.58. The molecule has 0 bridgehead atoms. The van der Waals surface area contributed by atoms with Crippen molar-refractivity contribution in [2.45, 2.75) is 18.9 Å². The molecule has 3 N–H and O–H groups in total. The smallest absolute Gasteiger partial charge is 0.407 e. The molecule has 1 aliphatic rings. The third-order valence-electron chi connectivity index (χ3n) is 3.48. The van der Waals surface area contributed by atoms with Crippen LogP contribution in [-0.4, -0.2) is 43.8 Å². The molecular weight excluding hydrogens is 242 g/mol. The number of rotatable bonds is 4. The largest absolute Gasteiger partial charge is 0.453 e. The fourth-order valence-corrected chi connectivity index (χ4v) is 2.35. The van der Waals surface area contributed by atoms with Crippen LogP contribution in [0, 0.1) is 0 Å². The second-order valence-corrected chi connectivity index (χ2v) is 4.91. The van der Waals surface area contributed by atoms with Gasteiger partial charge in [-0.3, -0.25) is 0 Å². The minimum atomic E-state index is -0.342. The van der Waals surface area contributed by atoms with Crippen LogP contribution in [0.15, 0.2) is 24.3 Å². The van der Waals surface area contributed by atoms with Crippen LogP contribution in [0.3, 0.4) is 0 Å². The van der Waals surface area contributed by atoms with Gasteiger partial charge in [0, 0.05) is 31.4 Å². The number of nitrogens with one attached hydrogen (secondary N) is 1. The van der Waals surface area contributed by atoms with Gasteiger partial charge >= 0.3 is 6.09 Å². The second-order valence-electron chi connectivity index (χ2n) is 4.91. The number of hydrogen-bond donors (Lipinski definition) is 2. The van der Waals surface area contributed by atoms with Gasteiger partial charge in [0.2, 0.25) is 0 Å². The van der Waals surface area contributed by atoms with E-state index in [1.54, 1.807) is 0 Å². The van der Waals surface area contributed by atoms with E-state index in [-0.39, 0.29) is 12.1 Å². The van der Waals surface area contributed by atoms with E-state index in [9.17, 15) is 4.79 Å². The van der Waals surface area contributed by atoms with Gasteiger partial charge in [0.05, 0.1) is 7.11 Å². The first-order valence-electron chi connectivity index (χ1n) is 6.58. The number of ether oxygens (including phenoxy) is 1. The second kappa shape index (κ2) is 6.43. The molecule has 1 amide bonds. The van der Waals surface area contributed by atoms with Gasteiger partial charge in [-0.1, -0.05) is 12.1 Å². The number of nitrogens with two attached hydrogens (primary N) is 1. The van der Waals surface area contributed by atoms with Gasteiger partial charge in [0.1, 0.15) is 0 Å². The number of nitrogen functional groups attached to an aromatic ring is 1. The molecule has 1 saturated heterocycles. The lowest BCUT2D eigenvalue weighted by Gasteiger charge is -2.16. The molecule has 1 atom stereocenters. The molecule has 0 radical (unpaired) electrons. The van der Waals surface area contributed by atoms with Crippen molar-refractivity contribution in [3.05, 3.63) is 29.8 Å². The Balaban J connectivity index is 1.73. The first kappa shape index (κ1) is 13.7. The number of nitrogens with zero attached hydrogens (tertiary/aromatic N) is 1. The first-order chi connectivity index (χ1) is 9.17. The van der Waals surface area contributed by atoms with E-state index in [0.29, 0.717) is 0 Å². The molecule has 1 aromatic carbocycles. The summed E-state index contributed by atoms with van der Waals surface area (Å²) in [6.07, 6.45) is 1.65. The third-order valence-corrected chi connectivity index (χ3v) is 3.48. The number of methoxy groups -OCH3 is 1. The molecule has 1 aliphatic heterocycles. The van der Waals surface area contributed by atoms with Crippen LogP contribution in [0.1, 0.15) is 12.0 Å². The van der Waals surface area contributed by atoms with Crippen LogP contribution in [0.4, 0.5) is 10.5 Å². The van der Waals surface area contributed by atoms with Gasteiger partial charge in [-0.15, -0.1) is 0 Å². The highest BCUT2D eigenvalue weighted by Crippen LogP contribution is 2.12. The van der Waals surface area contributed by atoms with Crippen LogP contribution in [0.25, 0.3) is 0 Å². The van der Waals surface area contributed by atoms with Crippen molar-refractivity contribution >= 4 is 11.8 Å². The van der Waals surface area contributed by atoms with Crippen LogP contribution < -0.4 is 11.1 Å². The molecule has 5 nitrogen and oxygen atoms in total. The fraction of sp³-hybridized carbons (Fsp3) is 0.500. The Hall–Kier alpha value is -1.75. The highest BCUT2D eigenvalue weighted by molar-refractivity contribution is 5.67. The summed E-state index contributed by atoms with van der Waals surface area (Å²) >= 11 is 0. The highest BCUT2D eigenvalue weighted by Gasteiger charge is 2.23. The SMILES string of the molecule is COC(=O)NC1CCN(CCc2ccc(N)cc2)C1. The van der Waals surface area contributed by atoms with E-state index in [0.717, 1.165) is 38.2 Å². The highest BCUT2D eigenvalue weighted by atomic mass is 16.5. The molecule has 0 aromatic heterocycles. The molecule has 0 spiro atoms. The third kappa shape index (κ3) is 4.13. The predicted octanol–water partition coefficient (Wildman–Crippen LogP) is 1.24. The summed E-state index contributed by atoms with van der Waals surface area (Å²) in [5.41, 5.74) is 7.75. The van der Waals surface area contributed by atoms with Gasteiger partial charge < -0.3 is 20.7 Å². The maximum Gasteiger partial charge on any atom is 0.407 e. The standard InChI is InChI=1S/C14H21N3O2/c1-19-14(18)16-13-7-9-17(10-13)8-6-11-2-4-12(15)5-3-11/h2-5,13H,6-10,15H2,1H3,(H,16,18). The van der Waals surface area contributed by atoms with E-state index >= 15 is 0 Å². The van der Waals surface area contributed by atoms with Crippen molar-refractivity contribution in [3.63, 3.8) is 0 Å². The quantitative estimate of drug-likeness (QED) is 0.802. The Bertz CT molecular complexity index is 419. The van der Waals surface area contributed by atoms with E-state index in [1.165, 1.54) is 12.7 Å². The van der Waals surface area contributed by atoms with Crippen molar-refractivity contribution < 1.29 is 9.53 Å². The Morgan fingerprint density at radius 3 is 2.89 bits per heavy atom. The van der Waals surface area contributed by atoms with Crippen LogP contribution in [0.5, 0.6) is 0 Å². The molecule has 1 unspecified atom stereocenters. The van der Waals surface area contributed by atoms with Crippen molar-refractivity contribution in [2.75, 3.05) is 32.5 Å². The average Bonchev–Trinajstić information content (AvgIpc) is 2.85. The Morgan fingerprint density at radius 2 is 2.21 bits per heavy atom. The zero-order valence-electron chi connectivity index (χ0n) is 11.3. The summed E-state index contributed by atoms with van der Waals surface area (Å²) in [4.78, 5) is 13.5. The van der Waals surface area contributed by atoms with Crippen molar-refractivity contribution in [3.8, 4) is 0 Å². The van der Waals surface area contributed by atoms with E-state index in [1.807, 2.05) is 12.1 Å². The monoisotopic (exact) mass is 263 g/mol. The number of alkyl carbamates (subject to hydrolysis) is 1. The van der Waals surface area contributed by atoms with Gasteiger partial charge in [-0.25, -0.2) is 4.79 Å². The van der Waals surface area contributed by atoms with Crippen LogP contribution >= 0.6 is 0 Å². The zero-order chi connectivity index (χ0) is 13.7. The molecular formula is C14H21N3O2. The maximum atomic E-state index is 11.1. The summed E-state index contributed by atoms with van der Waals surface area (Å²) in [5, 5.41) is 2.84. The molecule has 0 saturated carbocycles. The van der Waals surface area contributed by atoms with E-state index < -0.39 is 0 Å². The molecule has 1 aromatic rings. The summed E-state index contributed by atoms with van der Waals surface area (Å²) < 4.78 is 4.61. The van der Waals surface area contributed by atoms with Crippen molar-refractivity contribution in [1.29, 1.82) is 0 Å². The van der Waals surface area contributed by atoms with Gasteiger partial charge in [0.15, 0.2) is 0 Å². The average molecular weight is 263 g/mol. The van der Waals surface area contributed by atoms with E-state index in [4.69, 9.17) is 5.73 Å². The number of amides is 1. The number of carbonyl (C=O) groups is 1. The molecule has 5 heteroatoms. The number of benzene rings is 1. The molecule has 104 valence electrons. The van der Waals surface area contributed by atoms with Crippen molar-refractivity contribution in [1.82, 2.24) is 10.2 Å². The van der Waals surface area contributed by atoms with Crippen LogP contribution in [0.2, 0.25) is 0 Å². The van der Waals surface area contributed by atoms with Gasteiger partial charge in [-0.05, 0) is 30.5 Å². The minimum Gasteiger partial charge on any atom is -0.453 e. The zero-order valence-corrected chi connectivity index (χ0v) is 11.3. The maximum absolute atomic E-state index is 11.1. The van der Waals surface area contributed by atoms with E-state index in [2.05, 4.69) is 27.1 Å².